The Labute approximate surface area is 104 Å². The van der Waals surface area contributed by atoms with E-state index < -0.39 is 0 Å². The lowest BCUT2D eigenvalue weighted by Gasteiger charge is -1.95. The number of H-pyrrole nitrogens is 2. The Morgan fingerprint density at radius 2 is 2.22 bits per heavy atom. The number of hydrogen-bond donors (Lipinski definition) is 2. The maximum absolute atomic E-state index is 4.45. The Balaban J connectivity index is 2.07. The number of aromatic amines is 2. The molecule has 0 aliphatic rings. The molecule has 0 amide bonds. The third-order valence-electron chi connectivity index (χ3n) is 2.66. The van der Waals surface area contributed by atoms with Crippen molar-refractivity contribution in [3.63, 3.8) is 0 Å². The quantitative estimate of drug-likeness (QED) is 0.686. The smallest absolute Gasteiger partial charge is 0.137 e. The summed E-state index contributed by atoms with van der Waals surface area (Å²) in [6.07, 6.45) is 9.02. The summed E-state index contributed by atoms with van der Waals surface area (Å²) in [6, 6.07) is 6.02. The number of allylic oxidation sites excluding steroid dienone is 2. The first-order chi connectivity index (χ1) is 8.86. The highest BCUT2D eigenvalue weighted by molar-refractivity contribution is 5.81. The zero-order valence-electron chi connectivity index (χ0n) is 9.72. The molecule has 0 bridgehead atoms. The maximum atomic E-state index is 4.45. The van der Waals surface area contributed by atoms with Crippen LogP contribution in [-0.2, 0) is 0 Å². The van der Waals surface area contributed by atoms with Crippen LogP contribution >= 0.6 is 0 Å². The first-order valence-corrected chi connectivity index (χ1v) is 5.65. The highest BCUT2D eigenvalue weighted by Gasteiger charge is 2.04. The fraction of sp³-hybridized carbons (Fsp3) is 0. The molecule has 0 unspecified atom stereocenters. The van der Waals surface area contributed by atoms with E-state index in [1.54, 1.807) is 12.3 Å². The van der Waals surface area contributed by atoms with E-state index >= 15 is 0 Å². The van der Waals surface area contributed by atoms with E-state index in [9.17, 15) is 0 Å². The van der Waals surface area contributed by atoms with Crippen LogP contribution in [0.15, 0.2) is 49.3 Å². The van der Waals surface area contributed by atoms with Crippen LogP contribution in [0, 0.1) is 0 Å². The molecule has 18 heavy (non-hydrogen) atoms. The predicted octanol–water partition coefficient (Wildman–Crippen LogP) is 3.15. The zero-order valence-corrected chi connectivity index (χ0v) is 9.72. The third kappa shape index (κ3) is 1.84. The van der Waals surface area contributed by atoms with Gasteiger partial charge >= 0.3 is 0 Å². The topological polar surface area (TPSA) is 57.4 Å². The van der Waals surface area contributed by atoms with Crippen molar-refractivity contribution in [3.8, 4) is 11.4 Å². The second kappa shape index (κ2) is 4.33. The van der Waals surface area contributed by atoms with Crippen molar-refractivity contribution in [1.29, 1.82) is 0 Å². The molecule has 2 aromatic heterocycles. The number of benzene rings is 1. The molecule has 88 valence electrons. The minimum absolute atomic E-state index is 0.821. The van der Waals surface area contributed by atoms with Gasteiger partial charge in [0, 0.05) is 18.0 Å². The monoisotopic (exact) mass is 236 g/mol. The zero-order chi connectivity index (χ0) is 12.4. The van der Waals surface area contributed by atoms with E-state index in [0.717, 1.165) is 28.2 Å². The lowest BCUT2D eigenvalue weighted by molar-refractivity contribution is 1.29. The summed E-state index contributed by atoms with van der Waals surface area (Å²) in [4.78, 5) is 15.0. The lowest BCUT2D eigenvalue weighted by atomic mass is 10.2. The van der Waals surface area contributed by atoms with Gasteiger partial charge in [0.05, 0.1) is 11.0 Å². The SMILES string of the molecule is C=CC=Cc1nc2ccc(-c3ncc[nH]3)cc2[nH]1. The van der Waals surface area contributed by atoms with Gasteiger partial charge in [0.15, 0.2) is 0 Å². The van der Waals surface area contributed by atoms with Crippen molar-refractivity contribution in [2.45, 2.75) is 0 Å². The molecule has 4 heteroatoms. The van der Waals surface area contributed by atoms with E-state index in [-0.39, 0.29) is 0 Å². The normalized spacial score (nSPS) is 11.3. The molecule has 0 aliphatic carbocycles. The van der Waals surface area contributed by atoms with Gasteiger partial charge in [0.2, 0.25) is 0 Å². The van der Waals surface area contributed by atoms with Gasteiger partial charge in [-0.15, -0.1) is 0 Å². The summed E-state index contributed by atoms with van der Waals surface area (Å²) in [5.74, 6) is 1.68. The van der Waals surface area contributed by atoms with Gasteiger partial charge in [0.1, 0.15) is 11.6 Å². The summed E-state index contributed by atoms with van der Waals surface area (Å²) in [7, 11) is 0. The Bertz CT molecular complexity index is 705. The number of nitrogens with zero attached hydrogens (tertiary/aromatic N) is 2. The molecular weight excluding hydrogens is 224 g/mol. The summed E-state index contributed by atoms with van der Waals surface area (Å²) in [5, 5.41) is 0. The molecule has 1 aromatic carbocycles. The molecular formula is C14H12N4. The minimum atomic E-state index is 0.821. The summed E-state index contributed by atoms with van der Waals surface area (Å²) >= 11 is 0. The van der Waals surface area contributed by atoms with Gasteiger partial charge in [-0.1, -0.05) is 18.7 Å². The highest BCUT2D eigenvalue weighted by Crippen LogP contribution is 2.20. The molecule has 0 atom stereocenters. The van der Waals surface area contributed by atoms with Crippen LogP contribution in [0.4, 0.5) is 0 Å². The van der Waals surface area contributed by atoms with Crippen LogP contribution in [0.2, 0.25) is 0 Å². The molecule has 0 spiro atoms. The van der Waals surface area contributed by atoms with Crippen molar-refractivity contribution in [1.82, 2.24) is 19.9 Å². The third-order valence-corrected chi connectivity index (χ3v) is 2.66. The van der Waals surface area contributed by atoms with Crippen LogP contribution in [0.1, 0.15) is 5.82 Å². The molecule has 0 fully saturated rings. The van der Waals surface area contributed by atoms with Gasteiger partial charge in [-0.05, 0) is 24.3 Å². The Morgan fingerprint density at radius 1 is 1.28 bits per heavy atom. The molecule has 0 saturated carbocycles. The average molecular weight is 236 g/mol. The number of hydrogen-bond acceptors (Lipinski definition) is 2. The number of fused-ring (bicyclic) bond motifs is 1. The molecule has 0 saturated heterocycles. The molecule has 2 heterocycles. The minimum Gasteiger partial charge on any atom is -0.345 e. The van der Waals surface area contributed by atoms with Crippen LogP contribution in [0.3, 0.4) is 0 Å². The number of nitrogens with one attached hydrogen (secondary N) is 2. The maximum Gasteiger partial charge on any atom is 0.137 e. The van der Waals surface area contributed by atoms with Crippen LogP contribution in [0.25, 0.3) is 28.5 Å². The largest absolute Gasteiger partial charge is 0.345 e. The molecule has 0 aliphatic heterocycles. The Morgan fingerprint density at radius 3 is 3.00 bits per heavy atom. The van der Waals surface area contributed by atoms with E-state index in [0.29, 0.717) is 0 Å². The van der Waals surface area contributed by atoms with Crippen molar-refractivity contribution in [2.75, 3.05) is 0 Å². The number of aromatic nitrogens is 4. The number of rotatable bonds is 3. The fourth-order valence-electron chi connectivity index (χ4n) is 1.84. The van der Waals surface area contributed by atoms with Crippen molar-refractivity contribution in [2.24, 2.45) is 0 Å². The van der Waals surface area contributed by atoms with Crippen molar-refractivity contribution < 1.29 is 0 Å². The predicted molar refractivity (Wildman–Crippen MR) is 72.9 cm³/mol. The van der Waals surface area contributed by atoms with Gasteiger partial charge in [0.25, 0.3) is 0 Å². The van der Waals surface area contributed by atoms with Crippen LogP contribution in [0.5, 0.6) is 0 Å². The van der Waals surface area contributed by atoms with Gasteiger partial charge < -0.3 is 9.97 Å². The summed E-state index contributed by atoms with van der Waals surface area (Å²) in [5.41, 5.74) is 2.97. The number of imidazole rings is 2. The Hall–Kier alpha value is -2.62. The average Bonchev–Trinajstić information content (AvgIpc) is 3.03. The molecule has 4 nitrogen and oxygen atoms in total. The second-order valence-electron chi connectivity index (χ2n) is 3.89. The van der Waals surface area contributed by atoms with Crippen molar-refractivity contribution >= 4 is 17.1 Å². The van der Waals surface area contributed by atoms with Gasteiger partial charge in [-0.2, -0.15) is 0 Å². The molecule has 3 rings (SSSR count). The molecule has 3 aromatic rings. The van der Waals surface area contributed by atoms with E-state index in [4.69, 9.17) is 0 Å². The molecule has 0 radical (unpaired) electrons. The van der Waals surface area contributed by atoms with E-state index in [1.165, 1.54) is 0 Å². The van der Waals surface area contributed by atoms with E-state index in [1.807, 2.05) is 36.5 Å². The van der Waals surface area contributed by atoms with Crippen LogP contribution in [-0.4, -0.2) is 19.9 Å². The lowest BCUT2D eigenvalue weighted by Crippen LogP contribution is -1.80. The van der Waals surface area contributed by atoms with E-state index in [2.05, 4.69) is 26.5 Å². The molecule has 2 N–H and O–H groups in total. The van der Waals surface area contributed by atoms with Gasteiger partial charge in [-0.3, -0.25) is 0 Å². The summed E-state index contributed by atoms with van der Waals surface area (Å²) in [6.45, 7) is 3.64. The first-order valence-electron chi connectivity index (χ1n) is 5.65. The standard InChI is InChI=1S/C14H12N4/c1-2-3-4-13-17-11-6-5-10(9-12(11)18-13)14-15-7-8-16-14/h2-9H,1H2,(H,15,16)(H,17,18). The first kappa shape index (κ1) is 10.5. The van der Waals surface area contributed by atoms with Crippen LogP contribution < -0.4 is 0 Å². The Kier molecular flexibility index (Phi) is 2.53. The summed E-state index contributed by atoms with van der Waals surface area (Å²) < 4.78 is 0. The highest BCUT2D eigenvalue weighted by atomic mass is 14.9. The fourth-order valence-corrected chi connectivity index (χ4v) is 1.84. The van der Waals surface area contributed by atoms with Gasteiger partial charge in [-0.25, -0.2) is 9.97 Å². The van der Waals surface area contributed by atoms with Crippen molar-refractivity contribution in [3.05, 3.63) is 55.1 Å². The second-order valence-corrected chi connectivity index (χ2v) is 3.89.